The van der Waals surface area contributed by atoms with Crippen LogP contribution >= 0.6 is 11.6 Å². The summed E-state index contributed by atoms with van der Waals surface area (Å²) in [5.74, 6) is 0.788. The van der Waals surface area contributed by atoms with E-state index in [1.807, 2.05) is 52.3 Å². The molecule has 0 spiro atoms. The van der Waals surface area contributed by atoms with E-state index in [2.05, 4.69) is 5.10 Å². The maximum Gasteiger partial charge on any atom is 0.292 e. The van der Waals surface area contributed by atoms with Crippen molar-refractivity contribution in [1.82, 2.24) is 14.7 Å². The minimum absolute atomic E-state index is 0.000401. The highest BCUT2D eigenvalue weighted by atomic mass is 35.5. The summed E-state index contributed by atoms with van der Waals surface area (Å²) in [6.07, 6.45) is 1.75. The topological polar surface area (TPSA) is 67.7 Å². The molecule has 0 bridgehead atoms. The van der Waals surface area contributed by atoms with E-state index in [1.165, 1.54) is 4.68 Å². The van der Waals surface area contributed by atoms with Gasteiger partial charge in [0.25, 0.3) is 11.5 Å². The summed E-state index contributed by atoms with van der Waals surface area (Å²) in [4.78, 5) is 29.5. The van der Waals surface area contributed by atoms with Crippen LogP contribution in [0.3, 0.4) is 0 Å². The van der Waals surface area contributed by atoms with Gasteiger partial charge in [0, 0.05) is 32.6 Å². The fourth-order valence-electron chi connectivity index (χ4n) is 4.09. The smallest absolute Gasteiger partial charge is 0.292 e. The predicted octanol–water partition coefficient (Wildman–Crippen LogP) is 2.54. The van der Waals surface area contributed by atoms with Crippen LogP contribution in [-0.4, -0.2) is 52.9 Å². The zero-order valence-electron chi connectivity index (χ0n) is 16.8. The van der Waals surface area contributed by atoms with E-state index in [1.54, 1.807) is 18.3 Å². The van der Waals surface area contributed by atoms with Gasteiger partial charge in [-0.1, -0.05) is 48.0 Å². The predicted molar refractivity (Wildman–Crippen MR) is 118 cm³/mol. The lowest BCUT2D eigenvalue weighted by molar-refractivity contribution is -0.138. The third-order valence-electron chi connectivity index (χ3n) is 5.76. The molecule has 8 heteroatoms. The van der Waals surface area contributed by atoms with Crippen molar-refractivity contribution in [3.8, 4) is 11.4 Å². The summed E-state index contributed by atoms with van der Waals surface area (Å²) in [7, 11) is 0. The highest BCUT2D eigenvalue weighted by molar-refractivity contribution is 6.33. The molecule has 158 valence electrons. The Bertz CT molecular complexity index is 1150. The Morgan fingerprint density at radius 1 is 1.00 bits per heavy atom. The molecule has 1 amide bonds. The number of halogens is 1. The van der Waals surface area contributed by atoms with Gasteiger partial charge < -0.3 is 14.5 Å². The van der Waals surface area contributed by atoms with Crippen LogP contribution < -0.4 is 15.2 Å². The van der Waals surface area contributed by atoms with Crippen molar-refractivity contribution in [2.24, 2.45) is 0 Å². The summed E-state index contributed by atoms with van der Waals surface area (Å²) in [5, 5.41) is 4.43. The Hall–Kier alpha value is -3.32. The van der Waals surface area contributed by atoms with Crippen LogP contribution in [0, 0.1) is 0 Å². The van der Waals surface area contributed by atoms with E-state index in [-0.39, 0.29) is 16.5 Å². The van der Waals surface area contributed by atoms with Gasteiger partial charge in [-0.3, -0.25) is 9.59 Å². The van der Waals surface area contributed by atoms with Crippen LogP contribution in [0.25, 0.3) is 5.69 Å². The molecular weight excluding hydrogens is 416 g/mol. The molecule has 5 rings (SSSR count). The summed E-state index contributed by atoms with van der Waals surface area (Å²) in [6, 6.07) is 16.9. The van der Waals surface area contributed by atoms with E-state index in [4.69, 9.17) is 16.3 Å². The summed E-state index contributed by atoms with van der Waals surface area (Å²) < 4.78 is 7.14. The number of hydrogen-bond acceptors (Lipinski definition) is 5. The number of ether oxygens (including phenoxy) is 1. The SMILES string of the molecule is O=C([C@@H]1Cc2ccccc2O1)N1CCN(c2cnn(-c3ccccc3)c(=O)c2Cl)CC1. The van der Waals surface area contributed by atoms with Gasteiger partial charge in [0.1, 0.15) is 10.8 Å². The lowest BCUT2D eigenvalue weighted by Gasteiger charge is -2.37. The van der Waals surface area contributed by atoms with Gasteiger partial charge in [0.2, 0.25) is 0 Å². The third-order valence-corrected chi connectivity index (χ3v) is 6.11. The van der Waals surface area contributed by atoms with Crippen LogP contribution in [-0.2, 0) is 11.2 Å². The number of amides is 1. The van der Waals surface area contributed by atoms with Crippen LogP contribution in [0.15, 0.2) is 65.6 Å². The summed E-state index contributed by atoms with van der Waals surface area (Å²) >= 11 is 6.42. The number of benzene rings is 2. The molecule has 0 N–H and O–H groups in total. The molecule has 0 aliphatic carbocycles. The van der Waals surface area contributed by atoms with Crippen LogP contribution in [0.1, 0.15) is 5.56 Å². The number of carbonyl (C=O) groups is 1. The van der Waals surface area contributed by atoms with Gasteiger partial charge in [-0.25, -0.2) is 0 Å². The lowest BCUT2D eigenvalue weighted by Crippen LogP contribution is -2.52. The molecule has 2 aromatic carbocycles. The van der Waals surface area contributed by atoms with Crippen molar-refractivity contribution in [1.29, 1.82) is 0 Å². The highest BCUT2D eigenvalue weighted by Crippen LogP contribution is 2.29. The zero-order valence-corrected chi connectivity index (χ0v) is 17.5. The monoisotopic (exact) mass is 436 g/mol. The molecule has 31 heavy (non-hydrogen) atoms. The largest absolute Gasteiger partial charge is 0.480 e. The molecule has 0 unspecified atom stereocenters. The van der Waals surface area contributed by atoms with E-state index >= 15 is 0 Å². The Balaban J connectivity index is 1.26. The first kappa shape index (κ1) is 19.6. The first-order chi connectivity index (χ1) is 15.1. The van der Waals surface area contributed by atoms with Crippen molar-refractivity contribution in [2.45, 2.75) is 12.5 Å². The molecular formula is C23H21ClN4O3. The Labute approximate surface area is 184 Å². The number of anilines is 1. The molecule has 1 atom stereocenters. The number of hydrogen-bond donors (Lipinski definition) is 0. The van der Waals surface area contributed by atoms with Crippen LogP contribution in [0.5, 0.6) is 5.75 Å². The highest BCUT2D eigenvalue weighted by Gasteiger charge is 2.34. The van der Waals surface area contributed by atoms with Gasteiger partial charge in [0.05, 0.1) is 17.6 Å². The van der Waals surface area contributed by atoms with E-state index in [0.29, 0.717) is 44.0 Å². The Morgan fingerprint density at radius 3 is 2.45 bits per heavy atom. The molecule has 7 nitrogen and oxygen atoms in total. The standard InChI is InChI=1S/C23H21ClN4O3/c24-21-18(15-25-28(23(21)30)17-7-2-1-3-8-17)26-10-12-27(13-11-26)22(29)20-14-16-6-4-5-9-19(16)31-20/h1-9,15,20H,10-14H2/t20-/m0/s1. The molecule has 0 saturated carbocycles. The quantitative estimate of drug-likeness (QED) is 0.631. The average molecular weight is 437 g/mol. The van der Waals surface area contributed by atoms with Crippen molar-refractivity contribution in [2.75, 3.05) is 31.1 Å². The van der Waals surface area contributed by atoms with E-state index in [9.17, 15) is 9.59 Å². The lowest BCUT2D eigenvalue weighted by atomic mass is 10.1. The fraction of sp³-hybridized carbons (Fsp3) is 0.261. The third kappa shape index (κ3) is 3.65. The maximum absolute atomic E-state index is 12.9. The number of fused-ring (bicyclic) bond motifs is 1. The number of carbonyl (C=O) groups excluding carboxylic acids is 1. The van der Waals surface area contributed by atoms with Gasteiger partial charge in [-0.15, -0.1) is 0 Å². The second-order valence-electron chi connectivity index (χ2n) is 7.63. The second-order valence-corrected chi connectivity index (χ2v) is 8.00. The zero-order chi connectivity index (χ0) is 21.4. The molecule has 3 heterocycles. The minimum Gasteiger partial charge on any atom is -0.480 e. The van der Waals surface area contributed by atoms with Gasteiger partial charge in [0.15, 0.2) is 6.10 Å². The second kappa shape index (κ2) is 8.07. The Morgan fingerprint density at radius 2 is 1.71 bits per heavy atom. The molecule has 1 fully saturated rings. The minimum atomic E-state index is -0.469. The molecule has 2 aliphatic rings. The van der Waals surface area contributed by atoms with Crippen LogP contribution in [0.2, 0.25) is 5.02 Å². The van der Waals surface area contributed by atoms with Crippen LogP contribution in [0.4, 0.5) is 5.69 Å². The first-order valence-electron chi connectivity index (χ1n) is 10.2. The first-order valence-corrected chi connectivity index (χ1v) is 10.6. The molecule has 0 radical (unpaired) electrons. The fourth-order valence-corrected chi connectivity index (χ4v) is 4.34. The maximum atomic E-state index is 12.9. The number of aromatic nitrogens is 2. The van der Waals surface area contributed by atoms with Crippen molar-refractivity contribution < 1.29 is 9.53 Å². The number of para-hydroxylation sites is 2. The number of rotatable bonds is 3. The Kier molecular flexibility index (Phi) is 5.11. The van der Waals surface area contributed by atoms with Gasteiger partial charge in [-0.2, -0.15) is 9.78 Å². The van der Waals surface area contributed by atoms with Crippen molar-refractivity contribution >= 4 is 23.2 Å². The normalized spacial score (nSPS) is 17.9. The molecule has 1 aromatic heterocycles. The van der Waals surface area contributed by atoms with Crippen molar-refractivity contribution in [3.05, 3.63) is 81.7 Å². The number of nitrogens with zero attached hydrogens (tertiary/aromatic N) is 4. The van der Waals surface area contributed by atoms with E-state index < -0.39 is 6.10 Å². The number of piperazine rings is 1. The van der Waals surface area contributed by atoms with Gasteiger partial charge in [-0.05, 0) is 23.8 Å². The van der Waals surface area contributed by atoms with Gasteiger partial charge >= 0.3 is 0 Å². The molecule has 1 saturated heterocycles. The average Bonchev–Trinajstić information content (AvgIpc) is 3.25. The summed E-state index contributed by atoms with van der Waals surface area (Å²) in [6.45, 7) is 2.21. The van der Waals surface area contributed by atoms with Crippen molar-refractivity contribution in [3.63, 3.8) is 0 Å². The molecule has 2 aliphatic heterocycles. The van der Waals surface area contributed by atoms with E-state index in [0.717, 1.165) is 11.3 Å². The molecule has 3 aromatic rings. The summed E-state index contributed by atoms with van der Waals surface area (Å²) in [5.41, 5.74) is 1.96.